The minimum atomic E-state index is -0.682. The summed E-state index contributed by atoms with van der Waals surface area (Å²) >= 11 is 0. The zero-order chi connectivity index (χ0) is 10.8. The van der Waals surface area contributed by atoms with Crippen LogP contribution >= 0.6 is 0 Å². The maximum absolute atomic E-state index is 12.5. The zero-order valence-electron chi connectivity index (χ0n) is 8.65. The molecule has 0 radical (unpaired) electrons. The van der Waals surface area contributed by atoms with E-state index < -0.39 is 6.17 Å². The molecule has 0 bridgehead atoms. The fourth-order valence-electron chi connectivity index (χ4n) is 1.61. The molecule has 1 aliphatic carbocycles. The minimum absolute atomic E-state index is 0.0971. The van der Waals surface area contributed by atoms with Crippen molar-refractivity contribution in [3.63, 3.8) is 0 Å². The molecule has 2 nitrogen and oxygen atoms in total. The fraction of sp³-hybridized carbons (Fsp3) is 0.417. The van der Waals surface area contributed by atoms with Gasteiger partial charge in [-0.1, -0.05) is 12.1 Å². The van der Waals surface area contributed by atoms with Crippen LogP contribution in [-0.2, 0) is 0 Å². The van der Waals surface area contributed by atoms with Crippen molar-refractivity contribution >= 4 is 6.21 Å². The Morgan fingerprint density at radius 1 is 1.47 bits per heavy atom. The Kier molecular flexibility index (Phi) is 2.71. The number of aryl methyl sites for hydroxylation is 1. The van der Waals surface area contributed by atoms with Gasteiger partial charge in [0, 0.05) is 24.6 Å². The molecule has 0 aromatic heterocycles. The molecule has 0 spiro atoms. The van der Waals surface area contributed by atoms with Crippen LogP contribution in [0.2, 0.25) is 0 Å². The Hall–Kier alpha value is -1.38. The molecule has 1 saturated carbocycles. The molecule has 1 aliphatic rings. The fourth-order valence-corrected chi connectivity index (χ4v) is 1.61. The number of aliphatic imine (C=N–C) groups is 1. The monoisotopic (exact) mass is 207 g/mol. The second-order valence-electron chi connectivity index (χ2n) is 4.01. The smallest absolute Gasteiger partial charge is 0.127 e. The molecule has 1 fully saturated rings. The first-order chi connectivity index (χ1) is 7.16. The highest BCUT2D eigenvalue weighted by Crippen LogP contribution is 2.26. The molecule has 1 aromatic carbocycles. The van der Waals surface area contributed by atoms with E-state index in [1.54, 1.807) is 12.3 Å². The highest BCUT2D eigenvalue weighted by Gasteiger charge is 2.27. The van der Waals surface area contributed by atoms with Crippen molar-refractivity contribution in [3.8, 4) is 5.75 Å². The van der Waals surface area contributed by atoms with E-state index in [-0.39, 0.29) is 11.8 Å². The van der Waals surface area contributed by atoms with Crippen LogP contribution in [-0.4, -0.2) is 23.5 Å². The first kappa shape index (κ1) is 10.1. The van der Waals surface area contributed by atoms with Gasteiger partial charge in [0.1, 0.15) is 11.9 Å². The van der Waals surface area contributed by atoms with E-state index in [2.05, 4.69) is 4.99 Å². The lowest BCUT2D eigenvalue weighted by Gasteiger charge is -2.25. The van der Waals surface area contributed by atoms with Crippen molar-refractivity contribution in [2.24, 2.45) is 4.99 Å². The number of phenolic OH excluding ortho intramolecular Hbond substituents is 1. The Morgan fingerprint density at radius 3 is 2.87 bits per heavy atom. The molecule has 0 amide bonds. The van der Waals surface area contributed by atoms with Crippen molar-refractivity contribution in [1.29, 1.82) is 0 Å². The molecule has 0 aliphatic heterocycles. The standard InChI is InChI=1S/C12H14FNO/c1-8-3-2-4-9(12(8)15)7-14-11-5-10(13)6-11/h2-4,7,10-11,15H,5-6H2,1H3. The van der Waals surface area contributed by atoms with Crippen molar-refractivity contribution in [2.75, 3.05) is 0 Å². The maximum Gasteiger partial charge on any atom is 0.127 e. The Bertz CT molecular complexity index is 383. The van der Waals surface area contributed by atoms with Gasteiger partial charge in [-0.25, -0.2) is 4.39 Å². The number of alkyl halides is 1. The average molecular weight is 207 g/mol. The molecular weight excluding hydrogens is 193 g/mol. The number of aromatic hydroxyl groups is 1. The van der Waals surface area contributed by atoms with Gasteiger partial charge in [-0.3, -0.25) is 4.99 Å². The summed E-state index contributed by atoms with van der Waals surface area (Å²) in [6.07, 6.45) is 1.99. The third kappa shape index (κ3) is 2.17. The van der Waals surface area contributed by atoms with Gasteiger partial charge in [0.25, 0.3) is 0 Å². The highest BCUT2D eigenvalue weighted by atomic mass is 19.1. The molecule has 0 unspecified atom stereocenters. The zero-order valence-corrected chi connectivity index (χ0v) is 8.65. The molecule has 0 saturated heterocycles. The molecule has 1 aromatic rings. The molecule has 0 heterocycles. The van der Waals surface area contributed by atoms with Gasteiger partial charge in [-0.2, -0.15) is 0 Å². The molecule has 15 heavy (non-hydrogen) atoms. The normalized spacial score (nSPS) is 25.5. The van der Waals surface area contributed by atoms with Crippen molar-refractivity contribution in [1.82, 2.24) is 0 Å². The lowest BCUT2D eigenvalue weighted by molar-refractivity contribution is 0.183. The van der Waals surface area contributed by atoms with Gasteiger partial charge in [0.05, 0.1) is 6.04 Å². The lowest BCUT2D eigenvalue weighted by atomic mass is 9.91. The van der Waals surface area contributed by atoms with Gasteiger partial charge in [0.15, 0.2) is 0 Å². The van der Waals surface area contributed by atoms with Crippen LogP contribution in [0.5, 0.6) is 5.75 Å². The topological polar surface area (TPSA) is 32.6 Å². The molecule has 2 rings (SSSR count). The van der Waals surface area contributed by atoms with Crippen molar-refractivity contribution in [3.05, 3.63) is 29.3 Å². The number of nitrogens with zero attached hydrogens (tertiary/aromatic N) is 1. The summed E-state index contributed by atoms with van der Waals surface area (Å²) in [5.41, 5.74) is 1.54. The van der Waals surface area contributed by atoms with Gasteiger partial charge in [0.2, 0.25) is 0 Å². The number of rotatable bonds is 2. The van der Waals surface area contributed by atoms with Gasteiger partial charge >= 0.3 is 0 Å². The van der Waals surface area contributed by atoms with Gasteiger partial charge in [-0.05, 0) is 18.6 Å². The number of para-hydroxylation sites is 1. The Morgan fingerprint density at radius 2 is 2.20 bits per heavy atom. The number of benzene rings is 1. The molecule has 80 valence electrons. The Balaban J connectivity index is 2.07. The highest BCUT2D eigenvalue weighted by molar-refractivity contribution is 5.84. The number of hydrogen-bond donors (Lipinski definition) is 1. The summed E-state index contributed by atoms with van der Waals surface area (Å²) in [7, 11) is 0. The lowest BCUT2D eigenvalue weighted by Crippen LogP contribution is -2.28. The predicted molar refractivity (Wildman–Crippen MR) is 58.4 cm³/mol. The molecular formula is C12H14FNO. The number of hydrogen-bond acceptors (Lipinski definition) is 2. The van der Waals surface area contributed by atoms with Crippen molar-refractivity contribution < 1.29 is 9.50 Å². The van der Waals surface area contributed by atoms with E-state index >= 15 is 0 Å². The quantitative estimate of drug-likeness (QED) is 0.743. The SMILES string of the molecule is Cc1cccc(C=NC2CC(F)C2)c1O. The van der Waals surface area contributed by atoms with Crippen molar-refractivity contribution in [2.45, 2.75) is 32.0 Å². The summed E-state index contributed by atoms with van der Waals surface area (Å²) in [6.45, 7) is 1.84. The van der Waals surface area contributed by atoms with E-state index in [4.69, 9.17) is 0 Å². The van der Waals surface area contributed by atoms with Gasteiger partial charge in [-0.15, -0.1) is 0 Å². The number of phenols is 1. The minimum Gasteiger partial charge on any atom is -0.507 e. The molecule has 1 N–H and O–H groups in total. The van der Waals surface area contributed by atoms with Crippen LogP contribution in [0.1, 0.15) is 24.0 Å². The summed E-state index contributed by atoms with van der Waals surface area (Å²) in [5, 5.41) is 9.69. The van der Waals surface area contributed by atoms with Crippen LogP contribution in [0.25, 0.3) is 0 Å². The summed E-state index contributed by atoms with van der Waals surface area (Å²) in [4.78, 5) is 4.23. The molecule has 0 atom stereocenters. The predicted octanol–water partition coefficient (Wildman–Crippen LogP) is 2.62. The van der Waals surface area contributed by atoms with Crippen LogP contribution in [0.4, 0.5) is 4.39 Å². The van der Waals surface area contributed by atoms with E-state index in [0.717, 1.165) is 5.56 Å². The average Bonchev–Trinajstić information content (AvgIpc) is 2.17. The summed E-state index contributed by atoms with van der Waals surface area (Å²) in [5.74, 6) is 0.261. The second kappa shape index (κ2) is 4.01. The summed E-state index contributed by atoms with van der Waals surface area (Å²) < 4.78 is 12.5. The first-order valence-corrected chi connectivity index (χ1v) is 5.12. The largest absolute Gasteiger partial charge is 0.507 e. The third-order valence-corrected chi connectivity index (χ3v) is 2.75. The second-order valence-corrected chi connectivity index (χ2v) is 4.01. The van der Waals surface area contributed by atoms with Gasteiger partial charge < -0.3 is 5.11 Å². The third-order valence-electron chi connectivity index (χ3n) is 2.75. The Labute approximate surface area is 88.5 Å². The number of halogens is 1. The van der Waals surface area contributed by atoms with E-state index in [9.17, 15) is 9.50 Å². The van der Waals surface area contributed by atoms with Crippen LogP contribution in [0.3, 0.4) is 0 Å². The molecule has 3 heteroatoms. The maximum atomic E-state index is 12.5. The van der Waals surface area contributed by atoms with Crippen LogP contribution in [0, 0.1) is 6.92 Å². The summed E-state index contributed by atoms with van der Waals surface area (Å²) in [6, 6.07) is 5.61. The first-order valence-electron chi connectivity index (χ1n) is 5.12. The van der Waals surface area contributed by atoms with Crippen LogP contribution < -0.4 is 0 Å². The van der Waals surface area contributed by atoms with E-state index in [1.165, 1.54) is 0 Å². The van der Waals surface area contributed by atoms with E-state index in [0.29, 0.717) is 18.4 Å². The van der Waals surface area contributed by atoms with E-state index in [1.807, 2.05) is 19.1 Å². The van der Waals surface area contributed by atoms with Crippen LogP contribution in [0.15, 0.2) is 23.2 Å².